The van der Waals surface area contributed by atoms with Crippen molar-refractivity contribution in [1.82, 2.24) is 4.98 Å². The number of pyridine rings is 1. The number of benzene rings is 5. The van der Waals surface area contributed by atoms with Crippen molar-refractivity contribution in [2.45, 2.75) is 27.7 Å². The molecule has 1 heterocycles. The highest BCUT2D eigenvalue weighted by molar-refractivity contribution is 6.96. The van der Waals surface area contributed by atoms with Crippen molar-refractivity contribution in [3.05, 3.63) is 132 Å². The SMILES string of the molecule is Cc1ccccc1B(c1ccccc1C)c1c(C)cc(-c2ccc3c(c2)ncc2ccccc23)cc1C. The molecule has 2 heteroatoms. The Labute approximate surface area is 219 Å². The average molecular weight is 475 g/mol. The molecule has 0 aliphatic heterocycles. The smallest absolute Gasteiger partial charge is 0.242 e. The van der Waals surface area contributed by atoms with Crippen molar-refractivity contribution in [3.63, 3.8) is 0 Å². The van der Waals surface area contributed by atoms with E-state index in [9.17, 15) is 0 Å². The van der Waals surface area contributed by atoms with Gasteiger partial charge in [0.05, 0.1) is 5.52 Å². The van der Waals surface area contributed by atoms with Crippen LogP contribution in [0.25, 0.3) is 32.8 Å². The van der Waals surface area contributed by atoms with Crippen LogP contribution in [0.15, 0.2) is 109 Å². The zero-order chi connectivity index (χ0) is 25.5. The molecule has 178 valence electrons. The van der Waals surface area contributed by atoms with E-state index in [1.807, 2.05) is 6.20 Å². The molecule has 0 aliphatic rings. The Hall–Kier alpha value is -4.17. The lowest BCUT2D eigenvalue weighted by molar-refractivity contribution is 1.41. The highest BCUT2D eigenvalue weighted by Gasteiger charge is 2.27. The van der Waals surface area contributed by atoms with Crippen molar-refractivity contribution >= 4 is 44.8 Å². The summed E-state index contributed by atoms with van der Waals surface area (Å²) in [6.07, 6.45) is 1.98. The molecule has 0 spiro atoms. The summed E-state index contributed by atoms with van der Waals surface area (Å²) < 4.78 is 0. The lowest BCUT2D eigenvalue weighted by Gasteiger charge is -2.24. The maximum atomic E-state index is 4.78. The summed E-state index contributed by atoms with van der Waals surface area (Å²) in [6.45, 7) is 9.18. The molecule has 0 N–H and O–H groups in total. The van der Waals surface area contributed by atoms with Crippen molar-refractivity contribution < 1.29 is 0 Å². The Balaban J connectivity index is 1.50. The van der Waals surface area contributed by atoms with Crippen LogP contribution < -0.4 is 16.4 Å². The van der Waals surface area contributed by atoms with Gasteiger partial charge in [-0.3, -0.25) is 4.98 Å². The number of fused-ring (bicyclic) bond motifs is 3. The Bertz CT molecular complexity index is 1710. The van der Waals surface area contributed by atoms with Gasteiger partial charge < -0.3 is 0 Å². The minimum absolute atomic E-state index is 0.195. The molecule has 5 aromatic carbocycles. The molecule has 0 saturated heterocycles. The third kappa shape index (κ3) is 4.13. The fraction of sp³-hybridized carbons (Fsp3) is 0.114. The van der Waals surface area contributed by atoms with Crippen molar-refractivity contribution in [3.8, 4) is 11.1 Å². The maximum absolute atomic E-state index is 4.78. The highest BCUT2D eigenvalue weighted by Crippen LogP contribution is 2.29. The lowest BCUT2D eigenvalue weighted by Crippen LogP contribution is -2.55. The topological polar surface area (TPSA) is 12.9 Å². The van der Waals surface area contributed by atoms with Crippen molar-refractivity contribution in [2.24, 2.45) is 0 Å². The monoisotopic (exact) mass is 475 g/mol. The molecule has 0 unspecified atom stereocenters. The zero-order valence-electron chi connectivity index (χ0n) is 21.9. The summed E-state index contributed by atoms with van der Waals surface area (Å²) in [6, 6.07) is 37.5. The van der Waals surface area contributed by atoms with E-state index in [-0.39, 0.29) is 6.71 Å². The molecule has 0 aliphatic carbocycles. The van der Waals surface area contributed by atoms with Gasteiger partial charge in [-0.25, -0.2) is 0 Å². The molecule has 0 fully saturated rings. The third-order valence-electron chi connectivity index (χ3n) is 7.81. The largest absolute Gasteiger partial charge is 0.256 e. The second-order valence-electron chi connectivity index (χ2n) is 10.2. The predicted molar refractivity (Wildman–Crippen MR) is 161 cm³/mol. The van der Waals surface area contributed by atoms with Gasteiger partial charge in [0.25, 0.3) is 0 Å². The zero-order valence-corrected chi connectivity index (χ0v) is 21.9. The van der Waals surface area contributed by atoms with Gasteiger partial charge in [-0.15, -0.1) is 0 Å². The minimum Gasteiger partial charge on any atom is -0.256 e. The van der Waals surface area contributed by atoms with Gasteiger partial charge in [-0.05, 0) is 50.3 Å². The average Bonchev–Trinajstić information content (AvgIpc) is 2.91. The fourth-order valence-corrected chi connectivity index (χ4v) is 5.94. The first-order chi connectivity index (χ1) is 18.0. The quantitative estimate of drug-likeness (QED) is 0.202. The van der Waals surface area contributed by atoms with E-state index >= 15 is 0 Å². The van der Waals surface area contributed by atoms with Crippen LogP contribution in [0.4, 0.5) is 0 Å². The van der Waals surface area contributed by atoms with Crippen molar-refractivity contribution in [1.29, 1.82) is 0 Å². The Morgan fingerprint density at radius 3 is 1.76 bits per heavy atom. The number of aromatic nitrogens is 1. The van der Waals surface area contributed by atoms with Crippen LogP contribution in [0.2, 0.25) is 0 Å². The summed E-state index contributed by atoms with van der Waals surface area (Å²) in [5.41, 5.74) is 12.9. The summed E-state index contributed by atoms with van der Waals surface area (Å²) in [4.78, 5) is 4.78. The van der Waals surface area contributed by atoms with Crippen LogP contribution in [-0.4, -0.2) is 11.7 Å². The summed E-state index contributed by atoms with van der Waals surface area (Å²) in [5, 5.41) is 3.63. The molecule has 6 aromatic rings. The van der Waals surface area contributed by atoms with E-state index in [4.69, 9.17) is 4.98 Å². The van der Waals surface area contributed by atoms with E-state index in [1.165, 1.54) is 65.9 Å². The molecule has 0 saturated carbocycles. The third-order valence-corrected chi connectivity index (χ3v) is 7.81. The van der Waals surface area contributed by atoms with Gasteiger partial charge >= 0.3 is 0 Å². The van der Waals surface area contributed by atoms with E-state index in [2.05, 4.69) is 131 Å². The van der Waals surface area contributed by atoms with E-state index < -0.39 is 0 Å². The molecular weight excluding hydrogens is 445 g/mol. The second kappa shape index (κ2) is 9.37. The Kier molecular flexibility index (Phi) is 5.89. The number of aryl methyl sites for hydroxylation is 4. The van der Waals surface area contributed by atoms with Gasteiger partial charge in [0.2, 0.25) is 6.71 Å². The number of hydrogen-bond acceptors (Lipinski definition) is 1. The standard InChI is InChI=1S/C35H30BN/c1-23-11-5-9-15-32(23)36(33-16-10-6-12-24(33)2)35-25(3)19-29(20-26(35)4)27-17-18-31-30-14-8-7-13-28(30)22-37-34(31)21-27/h5-22H,1-4H3. The molecule has 0 bridgehead atoms. The fourth-order valence-electron chi connectivity index (χ4n) is 5.94. The molecule has 1 nitrogen and oxygen atoms in total. The first kappa shape index (κ1) is 23.2. The van der Waals surface area contributed by atoms with Crippen LogP contribution in [0.5, 0.6) is 0 Å². The lowest BCUT2D eigenvalue weighted by atomic mass is 9.34. The van der Waals surface area contributed by atoms with E-state index in [0.717, 1.165) is 5.52 Å². The van der Waals surface area contributed by atoms with Crippen molar-refractivity contribution in [2.75, 3.05) is 0 Å². The summed E-state index contributed by atoms with van der Waals surface area (Å²) >= 11 is 0. The number of nitrogens with zero attached hydrogens (tertiary/aromatic N) is 1. The number of hydrogen-bond donors (Lipinski definition) is 0. The molecule has 0 radical (unpaired) electrons. The first-order valence-electron chi connectivity index (χ1n) is 13.0. The predicted octanol–water partition coefficient (Wildman–Crippen LogP) is 6.80. The van der Waals surface area contributed by atoms with Gasteiger partial charge in [-0.1, -0.05) is 136 Å². The normalized spacial score (nSPS) is 11.2. The van der Waals surface area contributed by atoms with Gasteiger partial charge in [0, 0.05) is 17.0 Å². The summed E-state index contributed by atoms with van der Waals surface area (Å²) in [7, 11) is 0. The van der Waals surface area contributed by atoms with Crippen LogP contribution in [-0.2, 0) is 0 Å². The molecule has 6 rings (SSSR count). The van der Waals surface area contributed by atoms with Crippen LogP contribution in [0, 0.1) is 27.7 Å². The van der Waals surface area contributed by atoms with Crippen LogP contribution in [0.1, 0.15) is 22.3 Å². The van der Waals surface area contributed by atoms with Gasteiger partial charge in [0.15, 0.2) is 0 Å². The molecule has 37 heavy (non-hydrogen) atoms. The molecule has 0 atom stereocenters. The molecule has 1 aromatic heterocycles. The number of rotatable bonds is 4. The van der Waals surface area contributed by atoms with Gasteiger partial charge in [0.1, 0.15) is 0 Å². The maximum Gasteiger partial charge on any atom is 0.242 e. The summed E-state index contributed by atoms with van der Waals surface area (Å²) in [5.74, 6) is 0. The van der Waals surface area contributed by atoms with Crippen LogP contribution >= 0.6 is 0 Å². The highest BCUT2D eigenvalue weighted by atomic mass is 14.6. The Morgan fingerprint density at radius 1 is 0.514 bits per heavy atom. The van der Waals surface area contributed by atoms with Crippen LogP contribution in [0.3, 0.4) is 0 Å². The second-order valence-corrected chi connectivity index (χ2v) is 10.2. The Morgan fingerprint density at radius 2 is 1.11 bits per heavy atom. The molecule has 0 amide bonds. The van der Waals surface area contributed by atoms with E-state index in [1.54, 1.807) is 0 Å². The first-order valence-corrected chi connectivity index (χ1v) is 13.0. The minimum atomic E-state index is 0.195. The molecular formula is C35H30BN. The van der Waals surface area contributed by atoms with Gasteiger partial charge in [-0.2, -0.15) is 0 Å². The van der Waals surface area contributed by atoms with E-state index in [0.29, 0.717) is 0 Å².